The largest absolute Gasteiger partial charge is 0.492 e. The number of carbonyl (C=O) groups is 1. The maximum atomic E-state index is 15.0. The zero-order chi connectivity index (χ0) is 29.2. The van der Waals surface area contributed by atoms with Gasteiger partial charge in [0.15, 0.2) is 0 Å². The molecule has 0 aliphatic carbocycles. The van der Waals surface area contributed by atoms with Gasteiger partial charge in [-0.2, -0.15) is 13.2 Å². The van der Waals surface area contributed by atoms with Crippen molar-refractivity contribution in [3.63, 3.8) is 0 Å². The van der Waals surface area contributed by atoms with Crippen LogP contribution in [0.15, 0.2) is 36.5 Å². The van der Waals surface area contributed by atoms with Crippen molar-refractivity contribution in [1.29, 1.82) is 0 Å². The molecule has 12 heteroatoms. The van der Waals surface area contributed by atoms with Crippen LogP contribution in [-0.4, -0.2) is 82.0 Å². The summed E-state index contributed by atoms with van der Waals surface area (Å²) in [6.07, 6.45) is -3.31. The maximum Gasteiger partial charge on any atom is 0.395 e. The van der Waals surface area contributed by atoms with Crippen molar-refractivity contribution in [2.24, 2.45) is 17.1 Å². The van der Waals surface area contributed by atoms with E-state index in [0.29, 0.717) is 31.1 Å². The van der Waals surface area contributed by atoms with E-state index in [0.717, 1.165) is 18.9 Å². The summed E-state index contributed by atoms with van der Waals surface area (Å²) in [7, 11) is 0. The number of hydrogen-bond donors (Lipinski definition) is 3. The van der Waals surface area contributed by atoms with Crippen molar-refractivity contribution in [3.8, 4) is 17.0 Å². The third-order valence-corrected chi connectivity index (χ3v) is 7.84. The van der Waals surface area contributed by atoms with Crippen LogP contribution in [0.4, 0.5) is 17.6 Å². The van der Waals surface area contributed by atoms with E-state index in [1.54, 1.807) is 12.1 Å². The number of carbonyl (C=O) groups excluding carboxylic acids is 1. The van der Waals surface area contributed by atoms with Gasteiger partial charge in [0.1, 0.15) is 17.8 Å². The quantitative estimate of drug-likeness (QED) is 0.397. The molecule has 0 spiro atoms. The Morgan fingerprint density at radius 3 is 2.48 bits per heavy atom. The smallest absolute Gasteiger partial charge is 0.395 e. The molecule has 2 aliphatic rings. The highest BCUT2D eigenvalue weighted by Gasteiger charge is 2.48. The predicted octanol–water partition coefficient (Wildman–Crippen LogP) is 3.48. The van der Waals surface area contributed by atoms with E-state index in [4.69, 9.17) is 10.5 Å². The lowest BCUT2D eigenvalue weighted by Crippen LogP contribution is -2.46. The molecule has 2 fully saturated rings. The minimum Gasteiger partial charge on any atom is -0.492 e. The number of rotatable bonds is 9. The van der Waals surface area contributed by atoms with Crippen LogP contribution in [0.1, 0.15) is 44.9 Å². The molecule has 2 saturated heterocycles. The summed E-state index contributed by atoms with van der Waals surface area (Å²) in [5.74, 6) is -0.572. The van der Waals surface area contributed by atoms with Crippen LogP contribution in [-0.2, 0) is 4.79 Å². The predicted molar refractivity (Wildman–Crippen MR) is 139 cm³/mol. The van der Waals surface area contributed by atoms with Gasteiger partial charge in [0, 0.05) is 18.7 Å². The van der Waals surface area contributed by atoms with Gasteiger partial charge in [-0.25, -0.2) is 4.39 Å². The van der Waals surface area contributed by atoms with Crippen LogP contribution < -0.4 is 10.5 Å². The fourth-order valence-corrected chi connectivity index (χ4v) is 5.28. The number of nitrogens with two attached hydrogens (primary N) is 1. The number of ether oxygens (including phenoxy) is 1. The van der Waals surface area contributed by atoms with E-state index in [2.05, 4.69) is 4.98 Å². The second kappa shape index (κ2) is 12.0. The lowest BCUT2D eigenvalue weighted by molar-refractivity contribution is -0.217. The number of aliphatic hydroxyl groups excluding tert-OH is 2. The molecule has 3 heterocycles. The number of primary amides is 1. The van der Waals surface area contributed by atoms with Crippen molar-refractivity contribution >= 4 is 5.91 Å². The van der Waals surface area contributed by atoms with E-state index >= 15 is 0 Å². The SMILES string of the molecule is CC(C)(CN1CCC(COc2ccc(-c3ccc(C(O)N4C[C@H](O)C[C@H]4C(N)=O)cc3F)nc2)CC1)C(F)(F)F. The van der Waals surface area contributed by atoms with Gasteiger partial charge in [0.05, 0.1) is 36.1 Å². The molecule has 4 N–H and O–H groups in total. The molecule has 1 aromatic heterocycles. The molecule has 220 valence electrons. The fourth-order valence-electron chi connectivity index (χ4n) is 5.28. The summed E-state index contributed by atoms with van der Waals surface area (Å²) in [6, 6.07) is 6.62. The number of β-amino-alcohol motifs (C(OH)–C–C–N with tert-alkyl or cyclic N) is 1. The lowest BCUT2D eigenvalue weighted by atomic mass is 9.89. The molecule has 0 saturated carbocycles. The topological polar surface area (TPSA) is 112 Å². The Morgan fingerprint density at radius 2 is 1.90 bits per heavy atom. The molecule has 4 rings (SSSR count). The first-order valence-electron chi connectivity index (χ1n) is 13.3. The number of hydrogen-bond acceptors (Lipinski definition) is 7. The molecular formula is C28H36F4N4O4. The number of piperidine rings is 1. The summed E-state index contributed by atoms with van der Waals surface area (Å²) in [5.41, 5.74) is 4.41. The van der Waals surface area contributed by atoms with Crippen molar-refractivity contribution in [2.45, 2.75) is 57.7 Å². The number of aromatic nitrogens is 1. The summed E-state index contributed by atoms with van der Waals surface area (Å²) < 4.78 is 60.4. The number of likely N-dealkylation sites (tertiary alicyclic amines) is 2. The standard InChI is InChI=1S/C28H36F4N4O4/c1-27(2,28(30,31)32)16-35-9-7-17(8-10-35)15-40-20-4-6-23(34-13-20)21-5-3-18(11-22(21)29)26(39)36-14-19(37)12-24(36)25(33)38/h3-6,11,13,17,19,24,26,37,39H,7-10,12,14-16H2,1-2H3,(H2,33,38)/t19-,24+,26?/m1/s1. The average Bonchev–Trinajstić information content (AvgIpc) is 3.29. The zero-order valence-corrected chi connectivity index (χ0v) is 22.6. The van der Waals surface area contributed by atoms with E-state index in [9.17, 15) is 32.6 Å². The molecule has 1 unspecified atom stereocenters. The minimum absolute atomic E-state index is 0.0266. The van der Waals surface area contributed by atoms with Crippen LogP contribution in [0.25, 0.3) is 11.3 Å². The number of halogens is 4. The fraction of sp³-hybridized carbons (Fsp3) is 0.571. The van der Waals surface area contributed by atoms with Crippen LogP contribution in [0.2, 0.25) is 0 Å². The minimum atomic E-state index is -4.24. The second-order valence-corrected chi connectivity index (χ2v) is 11.4. The lowest BCUT2D eigenvalue weighted by Gasteiger charge is -2.38. The number of pyridine rings is 1. The summed E-state index contributed by atoms with van der Waals surface area (Å²) >= 11 is 0. The molecule has 0 radical (unpaired) electrons. The Labute approximate surface area is 230 Å². The first-order chi connectivity index (χ1) is 18.7. The third-order valence-electron chi connectivity index (χ3n) is 7.84. The van der Waals surface area contributed by atoms with Gasteiger partial charge >= 0.3 is 6.18 Å². The monoisotopic (exact) mass is 568 g/mol. The van der Waals surface area contributed by atoms with Crippen LogP contribution in [0, 0.1) is 17.2 Å². The molecule has 1 amide bonds. The van der Waals surface area contributed by atoms with E-state index < -0.39 is 41.7 Å². The van der Waals surface area contributed by atoms with Gasteiger partial charge in [-0.05, 0) is 81.9 Å². The number of nitrogens with zero attached hydrogens (tertiary/aromatic N) is 3. The molecule has 8 nitrogen and oxygen atoms in total. The van der Waals surface area contributed by atoms with Crippen molar-refractivity contribution in [1.82, 2.24) is 14.8 Å². The van der Waals surface area contributed by atoms with Gasteiger partial charge in [0.25, 0.3) is 0 Å². The zero-order valence-electron chi connectivity index (χ0n) is 22.6. The Hall–Kier alpha value is -2.80. The molecular weight excluding hydrogens is 532 g/mol. The first kappa shape index (κ1) is 30.2. The van der Waals surface area contributed by atoms with E-state index in [1.807, 2.05) is 4.90 Å². The van der Waals surface area contributed by atoms with E-state index in [-0.39, 0.29) is 36.6 Å². The highest BCUT2D eigenvalue weighted by atomic mass is 19.4. The Balaban J connectivity index is 1.30. The third kappa shape index (κ3) is 6.91. The summed E-state index contributed by atoms with van der Waals surface area (Å²) in [4.78, 5) is 19.2. The van der Waals surface area contributed by atoms with Crippen molar-refractivity contribution < 1.29 is 37.3 Å². The average molecular weight is 569 g/mol. The second-order valence-electron chi connectivity index (χ2n) is 11.4. The first-order valence-corrected chi connectivity index (χ1v) is 13.3. The van der Waals surface area contributed by atoms with Gasteiger partial charge in [-0.3, -0.25) is 14.7 Å². The summed E-state index contributed by atoms with van der Waals surface area (Å²) in [5, 5.41) is 20.6. The van der Waals surface area contributed by atoms with Gasteiger partial charge < -0.3 is 25.6 Å². The molecule has 3 atom stereocenters. The highest BCUT2D eigenvalue weighted by Crippen LogP contribution is 2.39. The molecule has 1 aromatic carbocycles. The van der Waals surface area contributed by atoms with Crippen molar-refractivity contribution in [2.75, 3.05) is 32.8 Å². The summed E-state index contributed by atoms with van der Waals surface area (Å²) in [6.45, 7) is 4.04. The highest BCUT2D eigenvalue weighted by molar-refractivity contribution is 5.80. The Bertz CT molecular complexity index is 1170. The van der Waals surface area contributed by atoms with Gasteiger partial charge in [0.2, 0.25) is 5.91 Å². The number of amides is 1. The van der Waals surface area contributed by atoms with Crippen LogP contribution in [0.5, 0.6) is 5.75 Å². The number of aliphatic hydroxyl groups is 2. The molecule has 2 aromatic rings. The van der Waals surface area contributed by atoms with Gasteiger partial charge in [-0.15, -0.1) is 0 Å². The number of benzene rings is 1. The number of alkyl halides is 3. The van der Waals surface area contributed by atoms with Crippen LogP contribution >= 0.6 is 0 Å². The van der Waals surface area contributed by atoms with E-state index in [1.165, 1.54) is 37.1 Å². The maximum absolute atomic E-state index is 15.0. The van der Waals surface area contributed by atoms with Crippen molar-refractivity contribution in [3.05, 3.63) is 47.9 Å². The molecule has 40 heavy (non-hydrogen) atoms. The molecule has 2 aliphatic heterocycles. The normalized spacial score (nSPS) is 22.4. The Kier molecular flexibility index (Phi) is 9.03. The van der Waals surface area contributed by atoms with Crippen LogP contribution in [0.3, 0.4) is 0 Å². The Morgan fingerprint density at radius 1 is 1.20 bits per heavy atom. The molecule has 0 bridgehead atoms. The van der Waals surface area contributed by atoms with Gasteiger partial charge in [-0.1, -0.05) is 6.07 Å².